The minimum Gasteiger partial charge on any atom is -0.362 e. The monoisotopic (exact) mass is 320 g/mol. The van der Waals surface area contributed by atoms with Crippen LogP contribution in [-0.4, -0.2) is 31.3 Å². The highest BCUT2D eigenvalue weighted by molar-refractivity contribution is 7.80. The van der Waals surface area contributed by atoms with E-state index in [-0.39, 0.29) is 0 Å². The van der Waals surface area contributed by atoms with Crippen molar-refractivity contribution in [3.8, 4) is 0 Å². The molecule has 0 aromatic heterocycles. The highest BCUT2D eigenvalue weighted by atomic mass is 32.1. The smallest absolute Gasteiger partial charge is 0.170 e. The van der Waals surface area contributed by atoms with Gasteiger partial charge in [-0.2, -0.15) is 0 Å². The number of likely N-dealkylation sites (tertiary alicyclic amines) is 1. The molecule has 1 aromatic carbocycles. The second-order valence-electron chi connectivity index (χ2n) is 6.66. The van der Waals surface area contributed by atoms with E-state index in [4.69, 9.17) is 12.2 Å². The molecule has 1 heterocycles. The molecule has 3 nitrogen and oxygen atoms in total. The number of anilines is 1. The van der Waals surface area contributed by atoms with Crippen LogP contribution in [0.25, 0.3) is 0 Å². The minimum atomic E-state index is 0.732. The van der Waals surface area contributed by atoms with Gasteiger partial charge in [-0.1, -0.05) is 19.1 Å². The summed E-state index contributed by atoms with van der Waals surface area (Å²) in [4.78, 5) is 1.76. The third-order valence-electron chi connectivity index (χ3n) is 4.83. The average Bonchev–Trinajstić information content (AvgIpc) is 2.50. The van der Waals surface area contributed by atoms with Gasteiger partial charge in [-0.05, 0) is 62.0 Å². The Morgan fingerprint density at radius 3 is 2.73 bits per heavy atom. The van der Waals surface area contributed by atoms with Gasteiger partial charge in [-0.25, -0.2) is 0 Å². The number of quaternary nitrogens is 1. The van der Waals surface area contributed by atoms with E-state index >= 15 is 0 Å². The van der Waals surface area contributed by atoms with Crippen molar-refractivity contribution in [2.45, 2.75) is 40.0 Å². The zero-order valence-corrected chi connectivity index (χ0v) is 15.0. The molecule has 4 heteroatoms. The molecule has 0 spiro atoms. The number of hydrogen-bond acceptors (Lipinski definition) is 1. The van der Waals surface area contributed by atoms with Gasteiger partial charge in [-0.3, -0.25) is 0 Å². The summed E-state index contributed by atoms with van der Waals surface area (Å²) in [5, 5.41) is 7.37. The van der Waals surface area contributed by atoms with E-state index in [1.54, 1.807) is 4.90 Å². The van der Waals surface area contributed by atoms with E-state index in [2.05, 4.69) is 49.6 Å². The Labute approximate surface area is 140 Å². The Kier molecular flexibility index (Phi) is 6.65. The van der Waals surface area contributed by atoms with Gasteiger partial charge in [0.15, 0.2) is 5.11 Å². The molecule has 0 atom stereocenters. The van der Waals surface area contributed by atoms with Crippen LogP contribution in [0.2, 0.25) is 0 Å². The summed E-state index contributed by atoms with van der Waals surface area (Å²) in [5.41, 5.74) is 3.66. The first-order valence-corrected chi connectivity index (χ1v) is 8.91. The Hall–Kier alpha value is -1.13. The van der Waals surface area contributed by atoms with Crippen LogP contribution in [0.15, 0.2) is 18.2 Å². The standard InChI is InChI=1S/C18H29N3S/c1-14-8-12-21(13-9-14)11-5-10-19-18(22)20-17-7-4-6-15(2)16(17)3/h4,6-7,14H,5,8-13H2,1-3H3,(H2,19,20,22)/p+1. The molecule has 2 rings (SSSR count). The number of hydrogen-bond donors (Lipinski definition) is 3. The molecule has 0 saturated carbocycles. The van der Waals surface area contributed by atoms with E-state index in [0.717, 1.165) is 23.3 Å². The van der Waals surface area contributed by atoms with Gasteiger partial charge in [0.2, 0.25) is 0 Å². The van der Waals surface area contributed by atoms with Crippen LogP contribution in [0.5, 0.6) is 0 Å². The van der Waals surface area contributed by atoms with Gasteiger partial charge >= 0.3 is 0 Å². The van der Waals surface area contributed by atoms with E-state index in [0.29, 0.717) is 0 Å². The van der Waals surface area contributed by atoms with Crippen molar-refractivity contribution >= 4 is 23.0 Å². The van der Waals surface area contributed by atoms with E-state index in [1.165, 1.54) is 50.0 Å². The second kappa shape index (κ2) is 8.49. The molecule has 0 aliphatic carbocycles. The lowest BCUT2D eigenvalue weighted by Crippen LogP contribution is -3.13. The molecule has 1 aromatic rings. The Bertz CT molecular complexity index is 493. The fourth-order valence-electron chi connectivity index (χ4n) is 3.01. The average molecular weight is 321 g/mol. The van der Waals surface area contributed by atoms with Crippen molar-refractivity contribution in [2.75, 3.05) is 31.5 Å². The third-order valence-corrected chi connectivity index (χ3v) is 5.07. The predicted octanol–water partition coefficient (Wildman–Crippen LogP) is 2.29. The SMILES string of the molecule is Cc1cccc(NC(=S)NCCC[NH+]2CCC(C)CC2)c1C. The molecule has 0 unspecified atom stereocenters. The molecule has 1 aliphatic rings. The molecule has 1 fully saturated rings. The molecule has 0 amide bonds. The van der Waals surface area contributed by atoms with Gasteiger partial charge in [0.1, 0.15) is 0 Å². The maximum absolute atomic E-state index is 5.40. The van der Waals surface area contributed by atoms with Crippen molar-refractivity contribution in [1.29, 1.82) is 0 Å². The zero-order valence-electron chi connectivity index (χ0n) is 14.2. The lowest BCUT2D eigenvalue weighted by atomic mass is 9.99. The van der Waals surface area contributed by atoms with Gasteiger partial charge in [0, 0.05) is 18.7 Å². The van der Waals surface area contributed by atoms with Gasteiger partial charge in [-0.15, -0.1) is 0 Å². The Morgan fingerprint density at radius 1 is 1.27 bits per heavy atom. The topological polar surface area (TPSA) is 28.5 Å². The summed E-state index contributed by atoms with van der Waals surface area (Å²) < 4.78 is 0. The molecule has 122 valence electrons. The quantitative estimate of drug-likeness (QED) is 0.574. The van der Waals surface area contributed by atoms with E-state index in [9.17, 15) is 0 Å². The molecule has 22 heavy (non-hydrogen) atoms. The lowest BCUT2D eigenvalue weighted by Gasteiger charge is -2.27. The fourth-order valence-corrected chi connectivity index (χ4v) is 3.23. The number of rotatable bonds is 5. The number of piperidine rings is 1. The number of benzene rings is 1. The number of thiocarbonyl (C=S) groups is 1. The maximum atomic E-state index is 5.40. The number of aryl methyl sites for hydroxylation is 1. The summed E-state index contributed by atoms with van der Waals surface area (Å²) >= 11 is 5.40. The van der Waals surface area contributed by atoms with Crippen molar-refractivity contribution in [2.24, 2.45) is 5.92 Å². The van der Waals surface area contributed by atoms with Crippen molar-refractivity contribution in [3.63, 3.8) is 0 Å². The van der Waals surface area contributed by atoms with Crippen LogP contribution in [0.4, 0.5) is 5.69 Å². The Morgan fingerprint density at radius 2 is 2.00 bits per heavy atom. The van der Waals surface area contributed by atoms with Crippen molar-refractivity contribution < 1.29 is 4.90 Å². The van der Waals surface area contributed by atoms with Crippen LogP contribution < -0.4 is 15.5 Å². The Balaban J connectivity index is 1.65. The first-order valence-electron chi connectivity index (χ1n) is 8.51. The molecular weight excluding hydrogens is 290 g/mol. The first-order chi connectivity index (χ1) is 10.6. The van der Waals surface area contributed by atoms with Crippen molar-refractivity contribution in [1.82, 2.24) is 5.32 Å². The second-order valence-corrected chi connectivity index (χ2v) is 7.07. The third kappa shape index (κ3) is 5.25. The van der Waals surface area contributed by atoms with E-state index < -0.39 is 0 Å². The molecule has 1 saturated heterocycles. The summed E-state index contributed by atoms with van der Waals surface area (Å²) in [6.07, 6.45) is 3.95. The highest BCUT2D eigenvalue weighted by Gasteiger charge is 2.17. The summed E-state index contributed by atoms with van der Waals surface area (Å²) in [7, 11) is 0. The zero-order chi connectivity index (χ0) is 15.9. The molecule has 0 radical (unpaired) electrons. The van der Waals surface area contributed by atoms with Crippen molar-refractivity contribution in [3.05, 3.63) is 29.3 Å². The minimum absolute atomic E-state index is 0.732. The van der Waals surface area contributed by atoms with Gasteiger partial charge in [0.05, 0.1) is 19.6 Å². The van der Waals surface area contributed by atoms with Crippen LogP contribution in [0, 0.1) is 19.8 Å². The normalized spacial score (nSPS) is 21.4. The fraction of sp³-hybridized carbons (Fsp3) is 0.611. The number of nitrogens with one attached hydrogen (secondary N) is 3. The largest absolute Gasteiger partial charge is 0.362 e. The van der Waals surface area contributed by atoms with E-state index in [1.807, 2.05) is 0 Å². The van der Waals surface area contributed by atoms with Crippen LogP contribution in [0.1, 0.15) is 37.3 Å². The van der Waals surface area contributed by atoms with Crippen LogP contribution in [-0.2, 0) is 0 Å². The van der Waals surface area contributed by atoms with Gasteiger partial charge < -0.3 is 15.5 Å². The molecule has 3 N–H and O–H groups in total. The summed E-state index contributed by atoms with van der Waals surface area (Å²) in [5.74, 6) is 0.927. The molecule has 0 bridgehead atoms. The molecule has 1 aliphatic heterocycles. The summed E-state index contributed by atoms with van der Waals surface area (Å²) in [6.45, 7) is 11.5. The van der Waals surface area contributed by atoms with Crippen LogP contribution >= 0.6 is 12.2 Å². The maximum Gasteiger partial charge on any atom is 0.170 e. The summed E-state index contributed by atoms with van der Waals surface area (Å²) in [6, 6.07) is 6.27. The highest BCUT2D eigenvalue weighted by Crippen LogP contribution is 2.17. The lowest BCUT2D eigenvalue weighted by molar-refractivity contribution is -0.906. The molecular formula is C18H30N3S+. The van der Waals surface area contributed by atoms with Gasteiger partial charge in [0.25, 0.3) is 0 Å². The predicted molar refractivity (Wildman–Crippen MR) is 98.7 cm³/mol. The first kappa shape index (κ1) is 17.2. The van der Waals surface area contributed by atoms with Crippen LogP contribution in [0.3, 0.4) is 0 Å².